The number of carbonyl (C=O) groups excluding carboxylic acids is 2. The van der Waals surface area contributed by atoms with Crippen molar-refractivity contribution in [2.45, 2.75) is 0 Å². The van der Waals surface area contributed by atoms with Gasteiger partial charge in [-0.2, -0.15) is 5.26 Å². The van der Waals surface area contributed by atoms with Gasteiger partial charge in [0, 0.05) is 12.1 Å². The Bertz CT molecular complexity index is 550. The zero-order valence-electron chi connectivity index (χ0n) is 9.66. The average molecular weight is 263 g/mol. The Morgan fingerprint density at radius 1 is 1.58 bits per heavy atom. The Morgan fingerprint density at radius 3 is 2.89 bits per heavy atom. The van der Waals surface area contributed by atoms with Crippen LogP contribution >= 0.6 is 0 Å². The molecule has 0 bridgehead atoms. The van der Waals surface area contributed by atoms with E-state index in [2.05, 4.69) is 5.32 Å². The van der Waals surface area contributed by atoms with Crippen molar-refractivity contribution in [3.63, 3.8) is 0 Å². The number of hydrogen-bond donors (Lipinski definition) is 1. The molecule has 0 fully saturated rings. The van der Waals surface area contributed by atoms with Crippen LogP contribution in [-0.2, 0) is 4.79 Å². The zero-order chi connectivity index (χ0) is 14.3. The van der Waals surface area contributed by atoms with Crippen LogP contribution in [0.3, 0.4) is 0 Å². The Kier molecular flexibility index (Phi) is 4.98. The largest absolute Gasteiger partial charge is 0.483 e. The van der Waals surface area contributed by atoms with Crippen molar-refractivity contribution < 1.29 is 19.2 Å². The fourth-order valence-electron chi connectivity index (χ4n) is 1.21. The summed E-state index contributed by atoms with van der Waals surface area (Å²) in [6, 6.07) is 5.17. The predicted octanol–water partition coefficient (Wildman–Crippen LogP) is 0.426. The van der Waals surface area contributed by atoms with E-state index in [1.165, 1.54) is 6.07 Å². The normalized spacial score (nSPS) is 9.21. The number of aldehydes is 1. The molecule has 1 N–H and O–H groups in total. The molecule has 0 aliphatic heterocycles. The molecule has 0 spiro atoms. The Labute approximate surface area is 107 Å². The Balaban J connectivity index is 2.74. The summed E-state index contributed by atoms with van der Waals surface area (Å²) in [5.41, 5.74) is -0.273. The highest BCUT2D eigenvalue weighted by atomic mass is 16.6. The molecule has 0 unspecified atom stereocenters. The first kappa shape index (κ1) is 14.1. The minimum absolute atomic E-state index is 0.0257. The van der Waals surface area contributed by atoms with E-state index in [0.717, 1.165) is 12.1 Å². The lowest BCUT2D eigenvalue weighted by atomic mass is 10.2. The van der Waals surface area contributed by atoms with E-state index < -0.39 is 10.8 Å². The first-order valence-corrected chi connectivity index (χ1v) is 5.08. The molecule has 0 radical (unpaired) electrons. The molecular formula is C11H9N3O5. The highest BCUT2D eigenvalue weighted by Crippen LogP contribution is 2.22. The van der Waals surface area contributed by atoms with Gasteiger partial charge in [-0.25, -0.2) is 0 Å². The molecular weight excluding hydrogens is 254 g/mol. The maximum atomic E-state index is 11.2. The van der Waals surface area contributed by atoms with E-state index in [9.17, 15) is 19.7 Å². The molecule has 1 aromatic rings. The smallest absolute Gasteiger partial charge is 0.270 e. The molecule has 0 aliphatic rings. The minimum Gasteiger partial charge on any atom is -0.483 e. The van der Waals surface area contributed by atoms with Gasteiger partial charge in [-0.3, -0.25) is 19.7 Å². The quantitative estimate of drug-likeness (QED) is 0.343. The second-order valence-corrected chi connectivity index (χ2v) is 3.32. The lowest BCUT2D eigenvalue weighted by Crippen LogP contribution is -2.29. The average Bonchev–Trinajstić information content (AvgIpc) is 2.42. The Morgan fingerprint density at radius 2 is 2.32 bits per heavy atom. The van der Waals surface area contributed by atoms with Crippen molar-refractivity contribution in [3.05, 3.63) is 33.9 Å². The van der Waals surface area contributed by atoms with E-state index in [0.29, 0.717) is 6.29 Å². The van der Waals surface area contributed by atoms with E-state index in [1.807, 2.05) is 0 Å². The molecule has 1 rings (SSSR count). The van der Waals surface area contributed by atoms with Crippen LogP contribution in [0.2, 0.25) is 0 Å². The van der Waals surface area contributed by atoms with Gasteiger partial charge in [-0.05, 0) is 6.07 Å². The van der Waals surface area contributed by atoms with Gasteiger partial charge < -0.3 is 10.1 Å². The number of rotatable bonds is 6. The summed E-state index contributed by atoms with van der Waals surface area (Å²) in [6.07, 6.45) is 0.398. The highest BCUT2D eigenvalue weighted by molar-refractivity contribution is 5.82. The van der Waals surface area contributed by atoms with Gasteiger partial charge in [0.05, 0.1) is 16.6 Å². The summed E-state index contributed by atoms with van der Waals surface area (Å²) in [7, 11) is 0. The Hall–Kier alpha value is -2.95. The number of non-ortho nitro benzene ring substituents is 1. The third kappa shape index (κ3) is 4.08. The molecule has 0 saturated heterocycles. The second-order valence-electron chi connectivity index (χ2n) is 3.32. The predicted molar refractivity (Wildman–Crippen MR) is 62.6 cm³/mol. The summed E-state index contributed by atoms with van der Waals surface area (Å²) < 4.78 is 5.05. The van der Waals surface area contributed by atoms with Gasteiger partial charge in [0.2, 0.25) is 0 Å². The molecule has 0 heterocycles. The first-order valence-electron chi connectivity index (χ1n) is 5.08. The summed E-state index contributed by atoms with van der Waals surface area (Å²) in [5, 5.41) is 21.0. The van der Waals surface area contributed by atoms with Crippen molar-refractivity contribution in [1.82, 2.24) is 5.32 Å². The number of amides is 1. The molecule has 0 atom stereocenters. The number of carbonyl (C=O) groups is 2. The van der Waals surface area contributed by atoms with Crippen LogP contribution in [0.15, 0.2) is 18.2 Å². The third-order valence-corrected chi connectivity index (χ3v) is 2.05. The lowest BCUT2D eigenvalue weighted by Gasteiger charge is -2.07. The lowest BCUT2D eigenvalue weighted by molar-refractivity contribution is -0.384. The van der Waals surface area contributed by atoms with E-state index >= 15 is 0 Å². The summed E-state index contributed by atoms with van der Waals surface area (Å²) in [6.45, 7) is -0.538. The fraction of sp³-hybridized carbons (Fsp3) is 0.182. The third-order valence-electron chi connectivity index (χ3n) is 2.05. The van der Waals surface area contributed by atoms with E-state index in [1.54, 1.807) is 6.07 Å². The summed E-state index contributed by atoms with van der Waals surface area (Å²) >= 11 is 0. The zero-order valence-corrected chi connectivity index (χ0v) is 9.66. The molecule has 8 nitrogen and oxygen atoms in total. The molecule has 0 saturated carbocycles. The van der Waals surface area contributed by atoms with E-state index in [-0.39, 0.29) is 30.2 Å². The number of nitrogens with one attached hydrogen (secondary N) is 1. The molecule has 0 aromatic heterocycles. The van der Waals surface area contributed by atoms with E-state index in [4.69, 9.17) is 10.00 Å². The number of ether oxygens (including phenoxy) is 1. The van der Waals surface area contributed by atoms with Crippen LogP contribution in [0.4, 0.5) is 5.69 Å². The van der Waals surface area contributed by atoms with Gasteiger partial charge in [0.15, 0.2) is 12.9 Å². The topological polar surface area (TPSA) is 122 Å². The van der Waals surface area contributed by atoms with Crippen LogP contribution in [0.5, 0.6) is 5.75 Å². The standard InChI is InChI=1S/C11H9N3O5/c12-3-4-13-11(16)7-19-10-2-1-9(14(17)18)5-8(10)6-15/h1-2,5-6H,4,7H2,(H,13,16). The van der Waals surface area contributed by atoms with Gasteiger partial charge in [-0.1, -0.05) is 0 Å². The number of hydrogen-bond acceptors (Lipinski definition) is 6. The van der Waals surface area contributed by atoms with Crippen molar-refractivity contribution in [2.75, 3.05) is 13.2 Å². The minimum atomic E-state index is -0.642. The van der Waals surface area contributed by atoms with Crippen molar-refractivity contribution in [3.8, 4) is 11.8 Å². The molecule has 1 aromatic carbocycles. The maximum Gasteiger partial charge on any atom is 0.270 e. The fourth-order valence-corrected chi connectivity index (χ4v) is 1.21. The number of nitriles is 1. The monoisotopic (exact) mass is 263 g/mol. The summed E-state index contributed by atoms with van der Waals surface area (Å²) in [4.78, 5) is 31.8. The van der Waals surface area contributed by atoms with Crippen molar-refractivity contribution >= 4 is 17.9 Å². The van der Waals surface area contributed by atoms with Gasteiger partial charge >= 0.3 is 0 Å². The van der Waals surface area contributed by atoms with Gasteiger partial charge in [0.1, 0.15) is 12.3 Å². The van der Waals surface area contributed by atoms with Crippen LogP contribution in [-0.4, -0.2) is 30.3 Å². The maximum absolute atomic E-state index is 11.2. The van der Waals surface area contributed by atoms with Crippen molar-refractivity contribution in [2.24, 2.45) is 0 Å². The molecule has 19 heavy (non-hydrogen) atoms. The van der Waals surface area contributed by atoms with Crippen LogP contribution < -0.4 is 10.1 Å². The number of nitrogens with zero attached hydrogens (tertiary/aromatic N) is 2. The first-order chi connectivity index (χ1) is 9.08. The number of benzene rings is 1. The van der Waals surface area contributed by atoms with Crippen molar-refractivity contribution in [1.29, 1.82) is 5.26 Å². The highest BCUT2D eigenvalue weighted by Gasteiger charge is 2.12. The second kappa shape index (κ2) is 6.70. The number of nitro groups is 1. The van der Waals surface area contributed by atoms with Crippen LogP contribution in [0, 0.1) is 21.4 Å². The van der Waals surface area contributed by atoms with Crippen LogP contribution in [0.1, 0.15) is 10.4 Å². The van der Waals surface area contributed by atoms with Gasteiger partial charge in [-0.15, -0.1) is 0 Å². The number of nitro benzene ring substituents is 1. The molecule has 8 heteroatoms. The van der Waals surface area contributed by atoms with Gasteiger partial charge in [0.25, 0.3) is 11.6 Å². The van der Waals surface area contributed by atoms with Crippen LogP contribution in [0.25, 0.3) is 0 Å². The molecule has 1 amide bonds. The molecule has 98 valence electrons. The molecule has 0 aliphatic carbocycles. The summed E-state index contributed by atoms with van der Waals surface area (Å²) in [5.74, 6) is -0.468. The SMILES string of the molecule is N#CCNC(=O)COc1ccc([N+](=O)[O-])cc1C=O.